The number of aliphatic hydroxyl groups excluding tert-OH is 1. The monoisotopic (exact) mass is 214 g/mol. The van der Waals surface area contributed by atoms with Crippen molar-refractivity contribution in [3.8, 4) is 0 Å². The van der Waals surface area contributed by atoms with Crippen molar-refractivity contribution in [2.75, 3.05) is 6.61 Å². The zero-order valence-electron chi connectivity index (χ0n) is 7.75. The van der Waals surface area contributed by atoms with E-state index in [1.54, 1.807) is 0 Å². The lowest BCUT2D eigenvalue weighted by molar-refractivity contribution is -0.165. The van der Waals surface area contributed by atoms with Crippen molar-refractivity contribution in [2.24, 2.45) is 5.90 Å². The predicted molar refractivity (Wildman–Crippen MR) is 45.6 cm³/mol. The molecule has 2 atom stereocenters. The molecule has 15 heavy (non-hydrogen) atoms. The average Bonchev–Trinajstić information content (AvgIpc) is 2.50. The van der Waals surface area contributed by atoms with E-state index in [1.165, 1.54) is 11.0 Å². The molecular formula is C8H10N2O5. The second-order valence-corrected chi connectivity index (χ2v) is 3.21. The Hall–Kier alpha value is -1.60. The highest BCUT2D eigenvalue weighted by Crippen LogP contribution is 2.36. The number of hydrogen-bond acceptors (Lipinski definition) is 6. The predicted octanol–water partition coefficient (Wildman–Crippen LogP) is -1.76. The largest absolute Gasteiger partial charge is 0.472 e. The summed E-state index contributed by atoms with van der Waals surface area (Å²) in [5.41, 5.74) is 0. The van der Waals surface area contributed by atoms with Gasteiger partial charge in [0.15, 0.2) is 12.3 Å². The third-order valence-electron chi connectivity index (χ3n) is 2.40. The second kappa shape index (κ2) is 3.52. The highest BCUT2D eigenvalue weighted by atomic mass is 16.7. The molecule has 0 spiro atoms. The quantitative estimate of drug-likeness (QED) is 0.417. The topological polar surface area (TPSA) is 102 Å². The van der Waals surface area contributed by atoms with Crippen molar-refractivity contribution < 1.29 is 24.3 Å². The molecule has 2 aliphatic heterocycles. The number of ether oxygens (including phenoxy) is 1. The SMILES string of the molecule is NOC(=O)[C@H]1/C(=C/CO)O[C@@H]2CC(=O)N21. The van der Waals surface area contributed by atoms with Gasteiger partial charge in [-0.15, -0.1) is 0 Å². The van der Waals surface area contributed by atoms with Crippen molar-refractivity contribution in [2.45, 2.75) is 18.7 Å². The minimum Gasteiger partial charge on any atom is -0.472 e. The lowest BCUT2D eigenvalue weighted by Crippen LogP contribution is -2.55. The first-order chi connectivity index (χ1) is 7.19. The summed E-state index contributed by atoms with van der Waals surface area (Å²) < 4.78 is 5.26. The maximum absolute atomic E-state index is 11.3. The number of carbonyl (C=O) groups is 2. The number of nitrogens with zero attached hydrogens (tertiary/aromatic N) is 1. The molecule has 7 heteroatoms. The van der Waals surface area contributed by atoms with E-state index >= 15 is 0 Å². The molecule has 0 bridgehead atoms. The lowest BCUT2D eigenvalue weighted by Gasteiger charge is -2.33. The van der Waals surface area contributed by atoms with Crippen LogP contribution in [0, 0.1) is 0 Å². The number of fused-ring (bicyclic) bond motifs is 1. The van der Waals surface area contributed by atoms with Gasteiger partial charge in [-0.3, -0.25) is 9.69 Å². The molecule has 0 aromatic rings. The Bertz CT molecular complexity index is 340. The summed E-state index contributed by atoms with van der Waals surface area (Å²) in [7, 11) is 0. The molecule has 3 N–H and O–H groups in total. The molecule has 2 rings (SSSR count). The van der Waals surface area contributed by atoms with Gasteiger partial charge in [0.1, 0.15) is 5.76 Å². The molecule has 2 heterocycles. The van der Waals surface area contributed by atoms with Crippen molar-refractivity contribution in [3.63, 3.8) is 0 Å². The standard InChI is InChI=1S/C8H10N2O5/c9-15-8(13)7-4(1-2-11)14-6-3-5(12)10(6)7/h1,6-7,11H,2-3,9H2/b4-1-/t6-,7-/m1/s1. The van der Waals surface area contributed by atoms with Gasteiger partial charge in [0.2, 0.25) is 5.91 Å². The maximum Gasteiger partial charge on any atom is 0.355 e. The summed E-state index contributed by atoms with van der Waals surface area (Å²) in [6.45, 7) is -0.279. The van der Waals surface area contributed by atoms with E-state index in [1.807, 2.05) is 0 Å². The Labute approximate surface area is 85.0 Å². The van der Waals surface area contributed by atoms with Crippen LogP contribution in [0.1, 0.15) is 6.42 Å². The summed E-state index contributed by atoms with van der Waals surface area (Å²) in [5, 5.41) is 8.71. The van der Waals surface area contributed by atoms with Gasteiger partial charge in [-0.25, -0.2) is 4.79 Å². The fourth-order valence-corrected chi connectivity index (χ4v) is 1.71. The summed E-state index contributed by atoms with van der Waals surface area (Å²) in [6.07, 6.45) is 1.11. The average molecular weight is 214 g/mol. The molecule has 7 nitrogen and oxygen atoms in total. The molecule has 0 aromatic heterocycles. The smallest absolute Gasteiger partial charge is 0.355 e. The molecule has 2 aliphatic rings. The van der Waals surface area contributed by atoms with Crippen molar-refractivity contribution in [1.82, 2.24) is 4.90 Å². The van der Waals surface area contributed by atoms with Gasteiger partial charge in [-0.1, -0.05) is 0 Å². The van der Waals surface area contributed by atoms with Crippen LogP contribution in [0.4, 0.5) is 0 Å². The molecule has 0 unspecified atom stereocenters. The van der Waals surface area contributed by atoms with Crippen LogP contribution in [0.15, 0.2) is 11.8 Å². The number of rotatable bonds is 2. The van der Waals surface area contributed by atoms with E-state index in [0.717, 1.165) is 0 Å². The third kappa shape index (κ3) is 1.36. The van der Waals surface area contributed by atoms with Crippen LogP contribution in [0.5, 0.6) is 0 Å². The summed E-state index contributed by atoms with van der Waals surface area (Å²) in [6, 6.07) is -0.951. The third-order valence-corrected chi connectivity index (χ3v) is 2.40. The van der Waals surface area contributed by atoms with Crippen molar-refractivity contribution in [1.29, 1.82) is 0 Å². The van der Waals surface area contributed by atoms with Gasteiger partial charge in [0.25, 0.3) is 0 Å². The molecule has 2 saturated heterocycles. The van der Waals surface area contributed by atoms with Crippen LogP contribution in [0.2, 0.25) is 0 Å². The van der Waals surface area contributed by atoms with E-state index in [-0.39, 0.29) is 24.7 Å². The van der Waals surface area contributed by atoms with Crippen LogP contribution in [0.3, 0.4) is 0 Å². The second-order valence-electron chi connectivity index (χ2n) is 3.21. The van der Waals surface area contributed by atoms with Crippen LogP contribution in [-0.2, 0) is 19.2 Å². The lowest BCUT2D eigenvalue weighted by atomic mass is 10.1. The fourth-order valence-electron chi connectivity index (χ4n) is 1.71. The number of hydrogen-bond donors (Lipinski definition) is 2. The van der Waals surface area contributed by atoms with E-state index in [9.17, 15) is 9.59 Å². The number of β-lactam (4-membered cyclic amide) rings is 1. The van der Waals surface area contributed by atoms with Gasteiger partial charge in [-0.2, -0.15) is 5.90 Å². The zero-order chi connectivity index (χ0) is 11.0. The first-order valence-electron chi connectivity index (χ1n) is 4.38. The molecule has 0 saturated carbocycles. The van der Waals surface area contributed by atoms with Crippen molar-refractivity contribution >= 4 is 11.9 Å². The number of aliphatic hydroxyl groups is 1. The first-order valence-corrected chi connectivity index (χ1v) is 4.38. The highest BCUT2D eigenvalue weighted by Gasteiger charge is 2.54. The van der Waals surface area contributed by atoms with Gasteiger partial charge < -0.3 is 14.7 Å². The Balaban J connectivity index is 2.24. The molecule has 1 amide bonds. The minimum atomic E-state index is -0.951. The van der Waals surface area contributed by atoms with Gasteiger partial charge in [-0.05, 0) is 6.08 Å². The molecule has 0 aromatic carbocycles. The Morgan fingerprint density at radius 3 is 3.07 bits per heavy atom. The molecule has 2 fully saturated rings. The Morgan fingerprint density at radius 1 is 1.80 bits per heavy atom. The van der Waals surface area contributed by atoms with Crippen LogP contribution >= 0.6 is 0 Å². The molecule has 82 valence electrons. The van der Waals surface area contributed by atoms with E-state index in [2.05, 4.69) is 4.84 Å². The van der Waals surface area contributed by atoms with Crippen molar-refractivity contribution in [3.05, 3.63) is 11.8 Å². The minimum absolute atomic E-state index is 0.197. The van der Waals surface area contributed by atoms with Crippen LogP contribution in [-0.4, -0.2) is 40.8 Å². The first kappa shape index (κ1) is 9.94. The normalized spacial score (nSPS) is 30.9. The maximum atomic E-state index is 11.3. The highest BCUT2D eigenvalue weighted by molar-refractivity contribution is 5.91. The number of nitrogens with two attached hydrogens (primary N) is 1. The molecule has 0 radical (unpaired) electrons. The van der Waals surface area contributed by atoms with Gasteiger partial charge in [0, 0.05) is 0 Å². The summed E-state index contributed by atoms with van der Waals surface area (Å²) in [4.78, 5) is 27.8. The Kier molecular flexibility index (Phi) is 2.33. The summed E-state index contributed by atoms with van der Waals surface area (Å²) >= 11 is 0. The van der Waals surface area contributed by atoms with E-state index in [0.29, 0.717) is 0 Å². The number of amides is 1. The van der Waals surface area contributed by atoms with Gasteiger partial charge >= 0.3 is 5.97 Å². The van der Waals surface area contributed by atoms with Gasteiger partial charge in [0.05, 0.1) is 13.0 Å². The molecular weight excluding hydrogens is 204 g/mol. The summed E-state index contributed by atoms with van der Waals surface area (Å²) in [5.74, 6) is 4.00. The fraction of sp³-hybridized carbons (Fsp3) is 0.500. The number of carbonyl (C=O) groups excluding carboxylic acids is 2. The zero-order valence-corrected chi connectivity index (χ0v) is 7.75. The Morgan fingerprint density at radius 2 is 2.53 bits per heavy atom. The van der Waals surface area contributed by atoms with Crippen LogP contribution in [0.25, 0.3) is 0 Å². The van der Waals surface area contributed by atoms with Crippen LogP contribution < -0.4 is 5.90 Å². The molecule has 0 aliphatic carbocycles. The van der Waals surface area contributed by atoms with E-state index < -0.39 is 18.2 Å². The van der Waals surface area contributed by atoms with E-state index in [4.69, 9.17) is 15.7 Å².